The average molecular weight is 458 g/mol. The highest BCUT2D eigenvalue weighted by Crippen LogP contribution is 2.24. The molecule has 34 heavy (non-hydrogen) atoms. The van der Waals surface area contributed by atoms with Crippen molar-refractivity contribution in [2.45, 2.75) is 25.7 Å². The van der Waals surface area contributed by atoms with Crippen LogP contribution in [0.15, 0.2) is 78.9 Å². The van der Waals surface area contributed by atoms with Gasteiger partial charge in [0.05, 0.1) is 18.8 Å². The summed E-state index contributed by atoms with van der Waals surface area (Å²) in [5.74, 6) is 0.552. The van der Waals surface area contributed by atoms with Crippen molar-refractivity contribution in [2.75, 3.05) is 36.9 Å². The molecule has 1 fully saturated rings. The largest absolute Gasteiger partial charge is 0.491 e. The minimum Gasteiger partial charge on any atom is -0.491 e. The van der Waals surface area contributed by atoms with Crippen LogP contribution in [0.4, 0.5) is 11.4 Å². The van der Waals surface area contributed by atoms with Gasteiger partial charge in [-0.1, -0.05) is 48.5 Å². The second-order valence-corrected chi connectivity index (χ2v) is 8.42. The van der Waals surface area contributed by atoms with E-state index in [2.05, 4.69) is 22.8 Å². The number of hydrogen-bond acceptors (Lipinski definition) is 4. The Kier molecular flexibility index (Phi) is 8.17. The lowest BCUT2D eigenvalue weighted by Gasteiger charge is -2.16. The number of likely N-dealkylation sites (tertiary alicyclic amines) is 1. The van der Waals surface area contributed by atoms with Gasteiger partial charge in [0.15, 0.2) is 0 Å². The molecule has 0 aromatic heterocycles. The van der Waals surface area contributed by atoms with Gasteiger partial charge in [-0.15, -0.1) is 0 Å². The summed E-state index contributed by atoms with van der Waals surface area (Å²) < 4.78 is 5.96. The smallest absolute Gasteiger partial charge is 0.253 e. The molecule has 2 amide bonds. The molecular weight excluding hydrogens is 426 g/mol. The fourth-order valence-corrected chi connectivity index (χ4v) is 4.06. The minimum atomic E-state index is -0.190. The second-order valence-electron chi connectivity index (χ2n) is 8.42. The maximum Gasteiger partial charge on any atom is 0.253 e. The van der Waals surface area contributed by atoms with Crippen molar-refractivity contribution in [3.05, 3.63) is 90.0 Å². The molecular formula is C28H31N3O3. The standard InChI is InChI=1S/C28H31N3O3/c32-27(30-24-14-8-13-23(20-24)28(33)31-17-6-7-18-31)21-29-25-15-4-5-16-26(25)34-19-9-12-22-10-2-1-3-11-22/h1-5,8,10-11,13-16,20,29H,6-7,9,12,17-19,21H2,(H,30,32). The number of benzene rings is 3. The Hall–Kier alpha value is -3.80. The van der Waals surface area contributed by atoms with Crippen LogP contribution in [-0.4, -0.2) is 43.0 Å². The monoisotopic (exact) mass is 457 g/mol. The molecule has 0 aliphatic carbocycles. The van der Waals surface area contributed by atoms with E-state index in [0.29, 0.717) is 17.9 Å². The zero-order valence-corrected chi connectivity index (χ0v) is 19.3. The molecule has 1 aliphatic heterocycles. The van der Waals surface area contributed by atoms with Crippen LogP contribution in [0.1, 0.15) is 35.2 Å². The molecule has 3 aromatic rings. The van der Waals surface area contributed by atoms with Crippen molar-refractivity contribution in [1.29, 1.82) is 0 Å². The quantitative estimate of drug-likeness (QED) is 0.421. The molecule has 1 saturated heterocycles. The van der Waals surface area contributed by atoms with E-state index in [0.717, 1.165) is 50.2 Å². The van der Waals surface area contributed by atoms with Gasteiger partial charge >= 0.3 is 0 Å². The van der Waals surface area contributed by atoms with Gasteiger partial charge in [0.2, 0.25) is 5.91 Å². The number of aryl methyl sites for hydroxylation is 1. The summed E-state index contributed by atoms with van der Waals surface area (Å²) in [5, 5.41) is 6.04. The van der Waals surface area contributed by atoms with E-state index in [1.54, 1.807) is 24.3 Å². The Bertz CT molecular complexity index is 1090. The number of rotatable bonds is 10. The summed E-state index contributed by atoms with van der Waals surface area (Å²) in [6.07, 6.45) is 3.96. The van der Waals surface area contributed by atoms with Crippen molar-refractivity contribution < 1.29 is 14.3 Å². The summed E-state index contributed by atoms with van der Waals surface area (Å²) in [5.41, 5.74) is 3.28. The van der Waals surface area contributed by atoms with E-state index < -0.39 is 0 Å². The second kappa shape index (κ2) is 11.9. The molecule has 0 saturated carbocycles. The molecule has 6 nitrogen and oxygen atoms in total. The van der Waals surface area contributed by atoms with Gasteiger partial charge < -0.3 is 20.3 Å². The topological polar surface area (TPSA) is 70.7 Å². The Morgan fingerprint density at radius 3 is 2.47 bits per heavy atom. The molecule has 4 rings (SSSR count). The summed E-state index contributed by atoms with van der Waals surface area (Å²) in [6, 6.07) is 25.1. The maximum absolute atomic E-state index is 12.6. The van der Waals surface area contributed by atoms with E-state index in [1.807, 2.05) is 47.4 Å². The summed E-state index contributed by atoms with van der Waals surface area (Å²) >= 11 is 0. The highest BCUT2D eigenvalue weighted by atomic mass is 16.5. The SMILES string of the molecule is O=C(CNc1ccccc1OCCCc1ccccc1)Nc1cccc(C(=O)N2CCCC2)c1. The first-order valence-corrected chi connectivity index (χ1v) is 11.9. The van der Waals surface area contributed by atoms with Crippen LogP contribution >= 0.6 is 0 Å². The van der Waals surface area contributed by atoms with E-state index >= 15 is 0 Å². The molecule has 6 heteroatoms. The number of anilines is 2. The first-order valence-electron chi connectivity index (χ1n) is 11.9. The zero-order valence-electron chi connectivity index (χ0n) is 19.3. The number of carbonyl (C=O) groups excluding carboxylic acids is 2. The Balaban J connectivity index is 1.26. The molecule has 3 aromatic carbocycles. The van der Waals surface area contributed by atoms with Gasteiger partial charge in [0.1, 0.15) is 5.75 Å². The normalized spacial score (nSPS) is 12.9. The number of amides is 2. The lowest BCUT2D eigenvalue weighted by molar-refractivity contribution is -0.114. The van der Waals surface area contributed by atoms with Gasteiger partial charge in [0.25, 0.3) is 5.91 Å². The van der Waals surface area contributed by atoms with Crippen molar-refractivity contribution in [3.63, 3.8) is 0 Å². The van der Waals surface area contributed by atoms with Crippen molar-refractivity contribution in [1.82, 2.24) is 4.90 Å². The number of nitrogens with one attached hydrogen (secondary N) is 2. The fourth-order valence-electron chi connectivity index (χ4n) is 4.06. The summed E-state index contributed by atoms with van der Waals surface area (Å²) in [4.78, 5) is 27.0. The van der Waals surface area contributed by atoms with Crippen LogP contribution in [-0.2, 0) is 11.2 Å². The predicted molar refractivity (Wildman–Crippen MR) is 135 cm³/mol. The molecule has 0 spiro atoms. The van der Waals surface area contributed by atoms with Crippen LogP contribution in [0.5, 0.6) is 5.75 Å². The van der Waals surface area contributed by atoms with Crippen LogP contribution in [0.2, 0.25) is 0 Å². The fraction of sp³-hybridized carbons (Fsp3) is 0.286. The maximum atomic E-state index is 12.6. The average Bonchev–Trinajstić information content (AvgIpc) is 3.41. The van der Waals surface area contributed by atoms with Gasteiger partial charge in [-0.3, -0.25) is 9.59 Å². The predicted octanol–water partition coefficient (Wildman–Crippen LogP) is 4.98. The Morgan fingerprint density at radius 1 is 0.882 bits per heavy atom. The van der Waals surface area contributed by atoms with E-state index in [9.17, 15) is 9.59 Å². The zero-order chi connectivity index (χ0) is 23.6. The third kappa shape index (κ3) is 6.61. The van der Waals surface area contributed by atoms with E-state index in [4.69, 9.17) is 4.74 Å². The molecule has 0 radical (unpaired) electrons. The van der Waals surface area contributed by atoms with Crippen molar-refractivity contribution in [3.8, 4) is 5.75 Å². The van der Waals surface area contributed by atoms with Gasteiger partial charge in [-0.2, -0.15) is 0 Å². The molecule has 0 atom stereocenters. The van der Waals surface area contributed by atoms with Gasteiger partial charge in [-0.25, -0.2) is 0 Å². The number of ether oxygens (including phenoxy) is 1. The number of hydrogen-bond donors (Lipinski definition) is 2. The van der Waals surface area contributed by atoms with E-state index in [1.165, 1.54) is 5.56 Å². The third-order valence-electron chi connectivity index (χ3n) is 5.82. The van der Waals surface area contributed by atoms with Crippen LogP contribution in [0.3, 0.4) is 0 Å². The van der Waals surface area contributed by atoms with Crippen molar-refractivity contribution in [2.24, 2.45) is 0 Å². The Labute approximate surface area is 200 Å². The van der Waals surface area contributed by atoms with E-state index in [-0.39, 0.29) is 18.4 Å². The van der Waals surface area contributed by atoms with Crippen LogP contribution < -0.4 is 15.4 Å². The van der Waals surface area contributed by atoms with Crippen LogP contribution in [0.25, 0.3) is 0 Å². The molecule has 2 N–H and O–H groups in total. The lowest BCUT2D eigenvalue weighted by atomic mass is 10.1. The number of para-hydroxylation sites is 2. The first kappa shape index (κ1) is 23.4. The number of nitrogens with zero attached hydrogens (tertiary/aromatic N) is 1. The first-order chi connectivity index (χ1) is 16.7. The van der Waals surface area contributed by atoms with Crippen LogP contribution in [0, 0.1) is 0 Å². The Morgan fingerprint density at radius 2 is 1.65 bits per heavy atom. The highest BCUT2D eigenvalue weighted by Gasteiger charge is 2.19. The molecule has 1 heterocycles. The highest BCUT2D eigenvalue weighted by molar-refractivity contribution is 5.98. The third-order valence-corrected chi connectivity index (χ3v) is 5.82. The summed E-state index contributed by atoms with van der Waals surface area (Å²) in [7, 11) is 0. The van der Waals surface area contributed by atoms with Gasteiger partial charge in [-0.05, 0) is 61.6 Å². The molecule has 0 bridgehead atoms. The van der Waals surface area contributed by atoms with Crippen molar-refractivity contribution >= 4 is 23.2 Å². The number of carbonyl (C=O) groups is 2. The molecule has 176 valence electrons. The molecule has 0 unspecified atom stereocenters. The van der Waals surface area contributed by atoms with Gasteiger partial charge in [0, 0.05) is 24.3 Å². The molecule has 1 aliphatic rings. The lowest BCUT2D eigenvalue weighted by Crippen LogP contribution is -2.27. The minimum absolute atomic E-state index is 0.0186. The summed E-state index contributed by atoms with van der Waals surface area (Å²) in [6.45, 7) is 2.28.